The van der Waals surface area contributed by atoms with Gasteiger partial charge in [0.25, 0.3) is 5.91 Å². The molecule has 1 amide bonds. The highest BCUT2D eigenvalue weighted by atomic mass is 16.7. The summed E-state index contributed by atoms with van der Waals surface area (Å²) in [5.41, 5.74) is 0.738. The molecule has 0 aromatic carbocycles. The summed E-state index contributed by atoms with van der Waals surface area (Å²) in [6, 6.07) is 0.558. The predicted octanol–water partition coefficient (Wildman–Crippen LogP) is 2.18. The Morgan fingerprint density at radius 1 is 1.26 bits per heavy atom. The van der Waals surface area contributed by atoms with E-state index in [1.807, 2.05) is 6.92 Å². The average Bonchev–Trinajstić information content (AvgIpc) is 2.85. The van der Waals surface area contributed by atoms with Gasteiger partial charge in [0.15, 0.2) is 17.2 Å². The topological polar surface area (TPSA) is 132 Å². The number of cyclic esters (lactones) is 1. The Kier molecular flexibility index (Phi) is 10.9. The van der Waals surface area contributed by atoms with Gasteiger partial charge in [0, 0.05) is 26.3 Å². The van der Waals surface area contributed by atoms with Crippen LogP contribution in [0.3, 0.4) is 0 Å². The van der Waals surface area contributed by atoms with Crippen molar-refractivity contribution >= 4 is 17.8 Å². The van der Waals surface area contributed by atoms with Crippen LogP contribution in [-0.4, -0.2) is 74.8 Å². The van der Waals surface area contributed by atoms with E-state index in [1.54, 1.807) is 6.92 Å². The highest BCUT2D eigenvalue weighted by Crippen LogP contribution is 2.30. The van der Waals surface area contributed by atoms with Crippen LogP contribution >= 0.6 is 0 Å². The number of methoxy groups -OCH3 is 2. The van der Waals surface area contributed by atoms with Crippen molar-refractivity contribution in [2.75, 3.05) is 27.6 Å². The largest absolute Gasteiger partial charge is 0.493 e. The summed E-state index contributed by atoms with van der Waals surface area (Å²) in [6.07, 6.45) is 1.43. The first kappa shape index (κ1) is 28.1. The molecule has 11 heteroatoms. The van der Waals surface area contributed by atoms with Gasteiger partial charge in [-0.1, -0.05) is 12.2 Å². The zero-order chi connectivity index (χ0) is 26.0. The number of pyridine rings is 1. The maximum absolute atomic E-state index is 13.1. The van der Waals surface area contributed by atoms with Crippen molar-refractivity contribution in [3.05, 3.63) is 30.1 Å². The van der Waals surface area contributed by atoms with Crippen LogP contribution in [0.25, 0.3) is 0 Å². The van der Waals surface area contributed by atoms with Gasteiger partial charge in [-0.05, 0) is 33.1 Å². The van der Waals surface area contributed by atoms with Gasteiger partial charge in [-0.3, -0.25) is 9.59 Å². The molecule has 1 aliphatic rings. The number of nitrogens with one attached hydrogen (secondary N) is 1. The fraction of sp³-hybridized carbons (Fsp3) is 0.583. The van der Waals surface area contributed by atoms with Crippen LogP contribution in [0.2, 0.25) is 0 Å². The zero-order valence-electron chi connectivity index (χ0n) is 20.8. The molecule has 1 fully saturated rings. The molecule has 1 aromatic rings. The molecule has 1 N–H and O–H groups in total. The normalized spacial score (nSPS) is 22.6. The summed E-state index contributed by atoms with van der Waals surface area (Å²) in [7, 11) is 2.93. The molecular weight excluding hydrogens is 460 g/mol. The monoisotopic (exact) mass is 494 g/mol. The van der Waals surface area contributed by atoms with Crippen molar-refractivity contribution in [3.63, 3.8) is 0 Å². The first-order valence-corrected chi connectivity index (χ1v) is 11.3. The Balaban J connectivity index is 2.19. The minimum atomic E-state index is -0.934. The van der Waals surface area contributed by atoms with Crippen LogP contribution in [0.15, 0.2) is 24.4 Å². The summed E-state index contributed by atoms with van der Waals surface area (Å²) in [6.45, 7) is 8.59. The van der Waals surface area contributed by atoms with Gasteiger partial charge in [0.1, 0.15) is 18.2 Å². The molecule has 0 radical (unpaired) electrons. The number of hydrogen-bond donors (Lipinski definition) is 1. The second kappa shape index (κ2) is 13.6. The van der Waals surface area contributed by atoms with E-state index in [4.69, 9.17) is 28.4 Å². The van der Waals surface area contributed by atoms with Gasteiger partial charge in [0.2, 0.25) is 6.79 Å². The lowest BCUT2D eigenvalue weighted by molar-refractivity contribution is -0.163. The molecule has 4 atom stereocenters. The molecule has 11 nitrogen and oxygen atoms in total. The van der Waals surface area contributed by atoms with Crippen molar-refractivity contribution in [3.8, 4) is 11.5 Å². The molecule has 2 heterocycles. The predicted molar refractivity (Wildman–Crippen MR) is 124 cm³/mol. The molecule has 0 saturated carbocycles. The quantitative estimate of drug-likeness (QED) is 0.293. The van der Waals surface area contributed by atoms with Gasteiger partial charge >= 0.3 is 11.9 Å². The zero-order valence-corrected chi connectivity index (χ0v) is 20.8. The number of carbonyl (C=O) groups excluding carboxylic acids is 3. The Labute approximate surface area is 205 Å². The van der Waals surface area contributed by atoms with E-state index < -0.39 is 42.9 Å². The number of hydrogen-bond acceptors (Lipinski definition) is 10. The molecule has 0 spiro atoms. The SMILES string of the molecule is C=C(C)COC1CCCC(NC(=O)c2nccc(OC)c2OCOC(C)=O)C(=O)OC(C)C1OC. The minimum absolute atomic E-state index is 0.0220. The van der Waals surface area contributed by atoms with E-state index in [0.717, 1.165) is 5.57 Å². The fourth-order valence-corrected chi connectivity index (χ4v) is 3.63. The van der Waals surface area contributed by atoms with Crippen LogP contribution in [0.1, 0.15) is 50.5 Å². The lowest BCUT2D eigenvalue weighted by Gasteiger charge is -2.30. The third-order valence-corrected chi connectivity index (χ3v) is 5.29. The summed E-state index contributed by atoms with van der Waals surface area (Å²) < 4.78 is 32.6. The summed E-state index contributed by atoms with van der Waals surface area (Å²) in [4.78, 5) is 41.1. The summed E-state index contributed by atoms with van der Waals surface area (Å²) in [5, 5.41) is 2.67. The molecule has 194 valence electrons. The van der Waals surface area contributed by atoms with E-state index in [1.165, 1.54) is 33.4 Å². The summed E-state index contributed by atoms with van der Waals surface area (Å²) in [5.74, 6) is -1.64. The molecule has 4 unspecified atom stereocenters. The fourth-order valence-electron chi connectivity index (χ4n) is 3.63. The van der Waals surface area contributed by atoms with Crippen LogP contribution in [0, 0.1) is 0 Å². The number of carbonyl (C=O) groups is 3. The Morgan fingerprint density at radius 2 is 2.00 bits per heavy atom. The number of rotatable bonds is 10. The third kappa shape index (κ3) is 8.22. The van der Waals surface area contributed by atoms with Gasteiger partial charge in [0.05, 0.1) is 19.8 Å². The van der Waals surface area contributed by atoms with Crippen molar-refractivity contribution in [1.29, 1.82) is 0 Å². The number of aromatic nitrogens is 1. The van der Waals surface area contributed by atoms with Gasteiger partial charge in [-0.15, -0.1) is 0 Å². The van der Waals surface area contributed by atoms with E-state index in [2.05, 4.69) is 16.9 Å². The lowest BCUT2D eigenvalue weighted by Crippen LogP contribution is -2.45. The maximum atomic E-state index is 13.1. The van der Waals surface area contributed by atoms with Gasteiger partial charge in [-0.2, -0.15) is 0 Å². The first-order chi connectivity index (χ1) is 16.7. The highest BCUT2D eigenvalue weighted by Gasteiger charge is 2.35. The van der Waals surface area contributed by atoms with Crippen molar-refractivity contribution in [1.82, 2.24) is 10.3 Å². The van der Waals surface area contributed by atoms with E-state index >= 15 is 0 Å². The molecule has 1 saturated heterocycles. The Bertz CT molecular complexity index is 905. The molecule has 0 bridgehead atoms. The minimum Gasteiger partial charge on any atom is -0.493 e. The molecule has 35 heavy (non-hydrogen) atoms. The van der Waals surface area contributed by atoms with Crippen molar-refractivity contribution in [2.45, 2.75) is 64.4 Å². The number of amides is 1. The second-order valence-corrected chi connectivity index (χ2v) is 8.19. The van der Waals surface area contributed by atoms with Crippen LogP contribution in [-0.2, 0) is 28.5 Å². The maximum Gasteiger partial charge on any atom is 0.329 e. The number of esters is 2. The third-order valence-electron chi connectivity index (χ3n) is 5.29. The number of nitrogens with zero attached hydrogens (tertiary/aromatic N) is 1. The van der Waals surface area contributed by atoms with Crippen LogP contribution in [0.5, 0.6) is 11.5 Å². The Hall–Kier alpha value is -3.18. The lowest BCUT2D eigenvalue weighted by atomic mass is 10.0. The van der Waals surface area contributed by atoms with E-state index in [9.17, 15) is 14.4 Å². The van der Waals surface area contributed by atoms with Gasteiger partial charge < -0.3 is 33.7 Å². The van der Waals surface area contributed by atoms with Crippen LogP contribution < -0.4 is 14.8 Å². The van der Waals surface area contributed by atoms with E-state index in [-0.39, 0.29) is 23.3 Å². The Morgan fingerprint density at radius 3 is 2.63 bits per heavy atom. The molecule has 2 rings (SSSR count). The van der Waals surface area contributed by atoms with E-state index in [0.29, 0.717) is 25.9 Å². The highest BCUT2D eigenvalue weighted by molar-refractivity contribution is 5.98. The summed E-state index contributed by atoms with van der Waals surface area (Å²) >= 11 is 0. The molecule has 0 aliphatic carbocycles. The first-order valence-electron chi connectivity index (χ1n) is 11.3. The molecule has 1 aromatic heterocycles. The molecular formula is C24H34N2O9. The van der Waals surface area contributed by atoms with Gasteiger partial charge in [-0.25, -0.2) is 9.78 Å². The van der Waals surface area contributed by atoms with Crippen LogP contribution in [0.4, 0.5) is 0 Å². The second-order valence-electron chi connectivity index (χ2n) is 8.19. The molecule has 1 aliphatic heterocycles. The standard InChI is InChI=1S/C24H34N2O9/c1-14(2)12-32-19-9-7-8-17(24(29)35-15(3)21(19)31-6)26-23(28)20-22(34-13-33-16(4)27)18(30-5)10-11-25-20/h10-11,15,17,19,21H,1,7-9,12-13H2,2-6H3,(H,26,28). The van der Waals surface area contributed by atoms with Crippen molar-refractivity contribution < 1.29 is 42.8 Å². The number of ether oxygens (including phenoxy) is 6. The van der Waals surface area contributed by atoms with Crippen molar-refractivity contribution in [2.24, 2.45) is 0 Å². The smallest absolute Gasteiger partial charge is 0.329 e. The average molecular weight is 495 g/mol.